The molecule has 3 nitrogen and oxygen atoms in total. The van der Waals surface area contributed by atoms with Gasteiger partial charge in [0.2, 0.25) is 0 Å². The molecular weight excluding hydrogens is 230 g/mol. The van der Waals surface area contributed by atoms with E-state index in [1.54, 1.807) is 0 Å². The molecule has 0 aromatic carbocycles. The molecule has 0 atom stereocenters. The molecule has 0 amide bonds. The molecular formula is C13H21N3S. The summed E-state index contributed by atoms with van der Waals surface area (Å²) in [5.74, 6) is 1.84. The first kappa shape index (κ1) is 12.7. The van der Waals surface area contributed by atoms with E-state index in [2.05, 4.69) is 34.5 Å². The van der Waals surface area contributed by atoms with Crippen molar-refractivity contribution in [2.45, 2.75) is 44.3 Å². The molecule has 17 heavy (non-hydrogen) atoms. The van der Waals surface area contributed by atoms with E-state index < -0.39 is 0 Å². The summed E-state index contributed by atoms with van der Waals surface area (Å²) >= 11 is 1.99. The largest absolute Gasteiger partial charge is 0.369 e. The van der Waals surface area contributed by atoms with E-state index in [4.69, 9.17) is 0 Å². The van der Waals surface area contributed by atoms with Gasteiger partial charge in [0, 0.05) is 23.1 Å². The van der Waals surface area contributed by atoms with Crippen LogP contribution < -0.4 is 5.32 Å². The van der Waals surface area contributed by atoms with Gasteiger partial charge >= 0.3 is 0 Å². The summed E-state index contributed by atoms with van der Waals surface area (Å²) in [5.41, 5.74) is 1.12. The van der Waals surface area contributed by atoms with Crippen LogP contribution in [0.3, 0.4) is 0 Å². The molecule has 2 rings (SSSR count). The van der Waals surface area contributed by atoms with E-state index in [0.717, 1.165) is 30.3 Å². The highest BCUT2D eigenvalue weighted by Gasteiger charge is 2.35. The van der Waals surface area contributed by atoms with Crippen LogP contribution in [-0.4, -0.2) is 27.5 Å². The maximum absolute atomic E-state index is 4.45. The van der Waals surface area contributed by atoms with Crippen LogP contribution in [0.1, 0.15) is 37.7 Å². The first-order chi connectivity index (χ1) is 8.17. The van der Waals surface area contributed by atoms with Gasteiger partial charge in [0.25, 0.3) is 0 Å². The number of aromatic nitrogens is 2. The Hall–Kier alpha value is -0.770. The van der Waals surface area contributed by atoms with Gasteiger partial charge in [0.15, 0.2) is 0 Å². The Morgan fingerprint density at radius 1 is 1.41 bits per heavy atom. The lowest BCUT2D eigenvalue weighted by atomic mass is 9.84. The predicted molar refractivity (Wildman–Crippen MR) is 74.7 cm³/mol. The zero-order chi connectivity index (χ0) is 12.3. The monoisotopic (exact) mass is 251 g/mol. The van der Waals surface area contributed by atoms with Gasteiger partial charge in [-0.1, -0.05) is 13.3 Å². The Balaban J connectivity index is 2.01. The maximum atomic E-state index is 4.45. The summed E-state index contributed by atoms with van der Waals surface area (Å²) in [6.45, 7) is 5.10. The lowest BCUT2D eigenvalue weighted by molar-refractivity contribution is 0.379. The zero-order valence-electron chi connectivity index (χ0n) is 10.9. The minimum Gasteiger partial charge on any atom is -0.369 e. The molecule has 1 aromatic heterocycles. The van der Waals surface area contributed by atoms with Crippen molar-refractivity contribution in [2.24, 2.45) is 0 Å². The molecule has 0 saturated heterocycles. The molecule has 1 saturated carbocycles. The third-order valence-corrected chi connectivity index (χ3v) is 4.96. The molecule has 4 heteroatoms. The number of rotatable bonds is 5. The smallest absolute Gasteiger partial charge is 0.129 e. The average molecular weight is 251 g/mol. The van der Waals surface area contributed by atoms with Gasteiger partial charge in [-0.25, -0.2) is 9.97 Å². The lowest BCUT2D eigenvalue weighted by Gasteiger charge is -2.40. The number of aryl methyl sites for hydroxylation is 2. The van der Waals surface area contributed by atoms with Crippen LogP contribution in [0.4, 0.5) is 5.82 Å². The predicted octanol–water partition coefficient (Wildman–Crippen LogP) is 3.05. The fourth-order valence-electron chi connectivity index (χ4n) is 2.18. The van der Waals surface area contributed by atoms with E-state index in [-0.39, 0.29) is 0 Å². The molecule has 1 aromatic rings. The second kappa shape index (κ2) is 5.25. The highest BCUT2D eigenvalue weighted by Crippen LogP contribution is 2.42. The number of hydrogen-bond acceptors (Lipinski definition) is 4. The first-order valence-electron chi connectivity index (χ1n) is 6.31. The molecule has 1 aliphatic carbocycles. The van der Waals surface area contributed by atoms with Crippen molar-refractivity contribution in [1.29, 1.82) is 0 Å². The van der Waals surface area contributed by atoms with Crippen molar-refractivity contribution in [1.82, 2.24) is 9.97 Å². The molecule has 0 spiro atoms. The lowest BCUT2D eigenvalue weighted by Crippen LogP contribution is -2.40. The van der Waals surface area contributed by atoms with Gasteiger partial charge in [0.1, 0.15) is 11.6 Å². The fraction of sp³-hybridized carbons (Fsp3) is 0.692. The Labute approximate surface area is 108 Å². The van der Waals surface area contributed by atoms with Crippen LogP contribution in [0.5, 0.6) is 0 Å². The second-order valence-electron chi connectivity index (χ2n) is 4.74. The van der Waals surface area contributed by atoms with Crippen molar-refractivity contribution in [3.05, 3.63) is 17.6 Å². The normalized spacial score (nSPS) is 17.6. The average Bonchev–Trinajstić information content (AvgIpc) is 2.27. The number of thioether (sulfide) groups is 1. The Morgan fingerprint density at radius 3 is 2.71 bits per heavy atom. The number of nitrogens with one attached hydrogen (secondary N) is 1. The van der Waals surface area contributed by atoms with Gasteiger partial charge in [0.05, 0.1) is 0 Å². The summed E-state index contributed by atoms with van der Waals surface area (Å²) in [6, 6.07) is 2.07. The fourth-order valence-corrected chi connectivity index (χ4v) is 3.09. The van der Waals surface area contributed by atoms with Gasteiger partial charge in [-0.2, -0.15) is 11.8 Å². The van der Waals surface area contributed by atoms with E-state index in [0.29, 0.717) is 4.75 Å². The minimum absolute atomic E-state index is 0.450. The molecule has 94 valence electrons. The maximum Gasteiger partial charge on any atom is 0.129 e. The highest BCUT2D eigenvalue weighted by atomic mass is 32.2. The number of anilines is 1. The van der Waals surface area contributed by atoms with Crippen molar-refractivity contribution < 1.29 is 0 Å². The highest BCUT2D eigenvalue weighted by molar-refractivity contribution is 8.00. The molecule has 0 unspecified atom stereocenters. The molecule has 0 aliphatic heterocycles. The van der Waals surface area contributed by atoms with Crippen molar-refractivity contribution in [2.75, 3.05) is 18.1 Å². The van der Waals surface area contributed by atoms with Crippen LogP contribution in [0.25, 0.3) is 0 Å². The van der Waals surface area contributed by atoms with E-state index in [9.17, 15) is 0 Å². The van der Waals surface area contributed by atoms with Gasteiger partial charge in [-0.15, -0.1) is 0 Å². The molecule has 1 heterocycles. The number of hydrogen-bond donors (Lipinski definition) is 1. The van der Waals surface area contributed by atoms with Crippen LogP contribution in [0.2, 0.25) is 0 Å². The van der Waals surface area contributed by atoms with Gasteiger partial charge in [-0.3, -0.25) is 0 Å². The first-order valence-corrected chi connectivity index (χ1v) is 7.53. The molecule has 1 N–H and O–H groups in total. The molecule has 1 fully saturated rings. The summed E-state index contributed by atoms with van der Waals surface area (Å²) < 4.78 is 0.450. The summed E-state index contributed by atoms with van der Waals surface area (Å²) in [6.07, 6.45) is 7.19. The second-order valence-corrected chi connectivity index (χ2v) is 6.01. The standard InChI is InChI=1S/C13H21N3S/c1-4-11-8-12(16-10(2)15-11)14-9-13(17-3)6-5-7-13/h8H,4-7,9H2,1-3H3,(H,14,15,16). The topological polar surface area (TPSA) is 37.8 Å². The summed E-state index contributed by atoms with van der Waals surface area (Å²) in [7, 11) is 0. The van der Waals surface area contributed by atoms with Crippen LogP contribution in [0, 0.1) is 6.92 Å². The van der Waals surface area contributed by atoms with Crippen LogP contribution in [-0.2, 0) is 6.42 Å². The minimum atomic E-state index is 0.450. The van der Waals surface area contributed by atoms with Gasteiger partial charge < -0.3 is 5.32 Å². The Bertz CT molecular complexity index is 383. The van der Waals surface area contributed by atoms with Crippen LogP contribution in [0.15, 0.2) is 6.07 Å². The van der Waals surface area contributed by atoms with Crippen molar-refractivity contribution in [3.8, 4) is 0 Å². The van der Waals surface area contributed by atoms with Crippen LogP contribution >= 0.6 is 11.8 Å². The third-order valence-electron chi connectivity index (χ3n) is 3.54. The van der Waals surface area contributed by atoms with E-state index in [1.165, 1.54) is 19.3 Å². The van der Waals surface area contributed by atoms with E-state index >= 15 is 0 Å². The molecule has 1 aliphatic rings. The summed E-state index contributed by atoms with van der Waals surface area (Å²) in [4.78, 5) is 8.84. The number of nitrogens with zero attached hydrogens (tertiary/aromatic N) is 2. The van der Waals surface area contributed by atoms with Crippen molar-refractivity contribution >= 4 is 17.6 Å². The SMILES string of the molecule is CCc1cc(NCC2(SC)CCC2)nc(C)n1. The Kier molecular flexibility index (Phi) is 3.92. The third kappa shape index (κ3) is 2.92. The van der Waals surface area contributed by atoms with Gasteiger partial charge in [-0.05, 0) is 32.4 Å². The van der Waals surface area contributed by atoms with E-state index in [1.807, 2.05) is 18.7 Å². The quantitative estimate of drug-likeness (QED) is 0.873. The summed E-state index contributed by atoms with van der Waals surface area (Å²) in [5, 5.41) is 3.48. The zero-order valence-corrected chi connectivity index (χ0v) is 11.7. The van der Waals surface area contributed by atoms with Crippen molar-refractivity contribution in [3.63, 3.8) is 0 Å². The molecule has 0 bridgehead atoms. The molecule has 0 radical (unpaired) electrons. The Morgan fingerprint density at radius 2 is 2.18 bits per heavy atom.